The molecular weight excluding hydrogens is 229 g/mol. The van der Waals surface area contributed by atoms with Crippen LogP contribution >= 0.6 is 0 Å². The van der Waals surface area contributed by atoms with Gasteiger partial charge in [-0.15, -0.1) is 0 Å². The summed E-state index contributed by atoms with van der Waals surface area (Å²) in [4.78, 5) is 8.97. The molecular formula is C8H25OSiY-. The molecule has 11 heavy (non-hydrogen) atoms. The van der Waals surface area contributed by atoms with Gasteiger partial charge in [-0.3, -0.25) is 0 Å². The van der Waals surface area contributed by atoms with Gasteiger partial charge in [-0.2, -0.15) is 6.92 Å². The molecule has 0 spiro atoms. The molecule has 0 rings (SSSR count). The minimum Gasteiger partial charge on any atom is -0.432 e. The number of hydrogen-bond acceptors (Lipinski definition) is 1. The predicted octanol–water partition coefficient (Wildman–Crippen LogP) is 3.31. The van der Waals surface area contributed by atoms with Gasteiger partial charge in [0.1, 0.15) is 0 Å². The molecule has 0 heterocycles. The van der Waals surface area contributed by atoms with Crippen LogP contribution in [0.15, 0.2) is 0 Å². The average molecular weight is 254 g/mol. The molecule has 0 fully saturated rings. The maximum Gasteiger partial charge on any atom is 0.182 e. The fourth-order valence-electron chi connectivity index (χ4n) is 0. The Morgan fingerprint density at radius 2 is 1.27 bits per heavy atom. The van der Waals surface area contributed by atoms with Crippen LogP contribution in [0.25, 0.3) is 0 Å². The smallest absolute Gasteiger partial charge is 0.182 e. The van der Waals surface area contributed by atoms with Crippen LogP contribution in [0.3, 0.4) is 0 Å². The van der Waals surface area contributed by atoms with E-state index in [-0.39, 0.29) is 47.6 Å². The second-order valence-corrected chi connectivity index (χ2v) is 6.50. The van der Waals surface area contributed by atoms with E-state index in [0.717, 1.165) is 6.04 Å². The van der Waals surface area contributed by atoms with Gasteiger partial charge in [0.05, 0.1) is 0 Å². The van der Waals surface area contributed by atoms with Crippen molar-refractivity contribution in [1.82, 2.24) is 0 Å². The van der Waals surface area contributed by atoms with Crippen molar-refractivity contribution in [3.8, 4) is 0 Å². The van der Waals surface area contributed by atoms with Crippen LogP contribution in [0.1, 0.15) is 28.7 Å². The first kappa shape index (κ1) is 29.5. The van der Waals surface area contributed by atoms with Gasteiger partial charge >= 0.3 is 0 Å². The normalized spacial score (nSPS) is 7.09. The van der Waals surface area contributed by atoms with Crippen molar-refractivity contribution in [3.05, 3.63) is 6.92 Å². The van der Waals surface area contributed by atoms with Gasteiger partial charge in [0.15, 0.2) is 8.32 Å². The third-order valence-corrected chi connectivity index (χ3v) is 2.60. The zero-order chi connectivity index (χ0) is 7.21. The Balaban J connectivity index is -0.0000000222. The Hall–Kier alpha value is 1.28. The van der Waals surface area contributed by atoms with E-state index in [9.17, 15) is 0 Å². The third-order valence-electron chi connectivity index (χ3n) is 0.865. The molecule has 1 N–H and O–H groups in total. The van der Waals surface area contributed by atoms with Crippen molar-refractivity contribution in [2.45, 2.75) is 47.8 Å². The minimum atomic E-state index is -1.63. The van der Waals surface area contributed by atoms with E-state index in [2.05, 4.69) is 6.92 Å². The van der Waals surface area contributed by atoms with Crippen molar-refractivity contribution in [2.75, 3.05) is 0 Å². The van der Waals surface area contributed by atoms with Crippen LogP contribution in [0.5, 0.6) is 0 Å². The van der Waals surface area contributed by atoms with Gasteiger partial charge in [-0.1, -0.05) is 21.8 Å². The van der Waals surface area contributed by atoms with E-state index in [1.54, 1.807) is 6.92 Å². The molecule has 0 unspecified atom stereocenters. The van der Waals surface area contributed by atoms with Crippen molar-refractivity contribution in [2.24, 2.45) is 0 Å². The Morgan fingerprint density at radius 3 is 1.27 bits per heavy atom. The summed E-state index contributed by atoms with van der Waals surface area (Å²) in [7, 11) is -1.63. The van der Waals surface area contributed by atoms with Gasteiger partial charge in [0.25, 0.3) is 0 Å². The van der Waals surface area contributed by atoms with Crippen molar-refractivity contribution >= 4 is 8.32 Å². The molecule has 3 heteroatoms. The zero-order valence-electron chi connectivity index (χ0n) is 6.94. The van der Waals surface area contributed by atoms with Gasteiger partial charge in [-0.25, -0.2) is 0 Å². The molecule has 0 saturated carbocycles. The van der Waals surface area contributed by atoms with Crippen LogP contribution in [0.4, 0.5) is 0 Å². The summed E-state index contributed by atoms with van der Waals surface area (Å²) in [5.41, 5.74) is 0. The van der Waals surface area contributed by atoms with E-state index < -0.39 is 8.32 Å². The fourth-order valence-corrected chi connectivity index (χ4v) is 0. The number of hydrogen-bond donors (Lipinski definition) is 1. The molecule has 0 aromatic rings. The Kier molecular flexibility index (Phi) is 46.6. The van der Waals surface area contributed by atoms with E-state index in [1.165, 1.54) is 0 Å². The second-order valence-electron chi connectivity index (χ2n) is 2.17. The van der Waals surface area contributed by atoms with E-state index >= 15 is 0 Å². The largest absolute Gasteiger partial charge is 0.432 e. The molecule has 0 aliphatic heterocycles. The van der Waals surface area contributed by atoms with E-state index in [1.807, 2.05) is 20.0 Å². The van der Waals surface area contributed by atoms with E-state index in [4.69, 9.17) is 4.80 Å². The molecule has 0 aliphatic carbocycles. The van der Waals surface area contributed by atoms with Crippen LogP contribution in [0.2, 0.25) is 19.1 Å². The zero-order valence-corrected chi connectivity index (χ0v) is 10.8. The fraction of sp³-hybridized carbons (Fsp3) is 0.875. The predicted molar refractivity (Wildman–Crippen MR) is 54.7 cm³/mol. The molecule has 0 saturated heterocycles. The van der Waals surface area contributed by atoms with Crippen molar-refractivity contribution in [3.63, 3.8) is 0 Å². The Morgan fingerprint density at radius 1 is 1.18 bits per heavy atom. The maximum absolute atomic E-state index is 8.97. The maximum atomic E-state index is 8.97. The summed E-state index contributed by atoms with van der Waals surface area (Å²) in [6.45, 7) is 10.9. The topological polar surface area (TPSA) is 20.2 Å². The van der Waals surface area contributed by atoms with Crippen LogP contribution < -0.4 is 0 Å². The first-order chi connectivity index (χ1) is 3.56. The van der Waals surface area contributed by atoms with Gasteiger partial charge in [0.2, 0.25) is 0 Å². The molecule has 0 aromatic heterocycles. The summed E-state index contributed by atoms with van der Waals surface area (Å²) < 4.78 is 0. The third kappa shape index (κ3) is 53.0. The Labute approximate surface area is 100.0 Å². The van der Waals surface area contributed by atoms with E-state index in [0.29, 0.717) is 0 Å². The molecule has 0 atom stereocenters. The molecule has 1 radical (unpaired) electrons. The standard InChI is InChI=1S/C4H12OSi.C2H5.2CH4.Y/c1-4-6(2,3)5;1-2;;;/h5H,4H2,1-3H3;1H2,2H3;2*1H4;/q;-1;;;. The van der Waals surface area contributed by atoms with Gasteiger partial charge < -0.3 is 11.7 Å². The Bertz CT molecular complexity index is 43.8. The second kappa shape index (κ2) is 17.4. The molecule has 0 amide bonds. The van der Waals surface area contributed by atoms with Crippen LogP contribution in [-0.2, 0) is 32.7 Å². The molecule has 0 aromatic carbocycles. The molecule has 1 nitrogen and oxygen atoms in total. The number of rotatable bonds is 1. The molecule has 0 bridgehead atoms. The monoisotopic (exact) mass is 254 g/mol. The molecule has 0 aliphatic rings. The summed E-state index contributed by atoms with van der Waals surface area (Å²) in [6, 6.07) is 0.965. The summed E-state index contributed by atoms with van der Waals surface area (Å²) in [5.74, 6) is 0. The van der Waals surface area contributed by atoms with Crippen LogP contribution in [-0.4, -0.2) is 13.1 Å². The van der Waals surface area contributed by atoms with Crippen molar-refractivity contribution in [1.29, 1.82) is 0 Å². The summed E-state index contributed by atoms with van der Waals surface area (Å²) >= 11 is 0. The van der Waals surface area contributed by atoms with Gasteiger partial charge in [0, 0.05) is 32.7 Å². The quantitative estimate of drug-likeness (QED) is 0.562. The first-order valence-electron chi connectivity index (χ1n) is 2.99. The molecule has 71 valence electrons. The first-order valence-corrected chi connectivity index (χ1v) is 6.15. The minimum absolute atomic E-state index is 0. The van der Waals surface area contributed by atoms with Gasteiger partial charge in [-0.05, 0) is 19.1 Å². The van der Waals surface area contributed by atoms with Crippen molar-refractivity contribution < 1.29 is 37.5 Å². The summed E-state index contributed by atoms with van der Waals surface area (Å²) in [6.07, 6.45) is 0. The van der Waals surface area contributed by atoms with Crippen LogP contribution in [0, 0.1) is 6.92 Å². The average Bonchev–Trinajstić information content (AvgIpc) is 1.71. The summed E-state index contributed by atoms with van der Waals surface area (Å²) in [5, 5.41) is 0. The SMILES string of the molecule is C.C.CC[Si](C)(C)O.[CH2-]C.[Y].